The van der Waals surface area contributed by atoms with E-state index in [2.05, 4.69) is 9.84 Å². The Morgan fingerprint density at radius 1 is 1.07 bits per heavy atom. The van der Waals surface area contributed by atoms with E-state index in [1.165, 1.54) is 31.4 Å². The van der Waals surface area contributed by atoms with Crippen molar-refractivity contribution in [1.82, 2.24) is 5.01 Å². The third-order valence-electron chi connectivity index (χ3n) is 4.61. The minimum absolute atomic E-state index is 0.0462. The molecule has 0 radical (unpaired) electrons. The minimum atomic E-state index is -4.84. The van der Waals surface area contributed by atoms with Crippen LogP contribution in [0.2, 0.25) is 0 Å². The second-order valence-corrected chi connectivity index (χ2v) is 7.34. The monoisotopic (exact) mass is 422 g/mol. The molecule has 0 atom stereocenters. The summed E-state index contributed by atoms with van der Waals surface area (Å²) >= 11 is 0. The average molecular weight is 422 g/mol. The summed E-state index contributed by atoms with van der Waals surface area (Å²) in [5.74, 6) is 0.101. The number of carbonyl (C=O) groups excluding carboxylic acids is 1. The van der Waals surface area contributed by atoms with Crippen LogP contribution < -0.4 is 14.2 Å². The van der Waals surface area contributed by atoms with Crippen molar-refractivity contribution in [3.8, 4) is 17.2 Å². The van der Waals surface area contributed by atoms with Crippen molar-refractivity contribution in [3.05, 3.63) is 53.6 Å². The molecule has 160 valence electrons. The summed E-state index contributed by atoms with van der Waals surface area (Å²) in [5, 5.41) is 5.71. The summed E-state index contributed by atoms with van der Waals surface area (Å²) in [4.78, 5) is 12.9. The molecule has 0 N–H and O–H groups in total. The Balaban J connectivity index is 1.91. The van der Waals surface area contributed by atoms with Crippen molar-refractivity contribution in [2.75, 3.05) is 20.8 Å². The summed E-state index contributed by atoms with van der Waals surface area (Å²) in [6.07, 6.45) is -4.84. The van der Waals surface area contributed by atoms with Gasteiger partial charge in [0, 0.05) is 16.5 Å². The quantitative estimate of drug-likeness (QED) is 0.713. The van der Waals surface area contributed by atoms with Crippen molar-refractivity contribution in [2.45, 2.75) is 20.2 Å². The molecule has 0 saturated carbocycles. The van der Waals surface area contributed by atoms with Crippen LogP contribution in [0.3, 0.4) is 0 Å². The van der Waals surface area contributed by atoms with Gasteiger partial charge in [-0.1, -0.05) is 19.9 Å². The maximum Gasteiger partial charge on any atom is 0.573 e. The standard InChI is InChI=1S/C21H21F3N2O4/c1-20(2)12-26(19(27)14-6-5-7-15(10-14)30-21(22,23)24)25-18(20)13-8-9-16(28-3)17(11-13)29-4/h5-11H,12H2,1-4H3. The SMILES string of the molecule is COc1ccc(C2=NN(C(=O)c3cccc(OC(F)(F)F)c3)CC2(C)C)cc1OC. The highest BCUT2D eigenvalue weighted by Gasteiger charge is 2.38. The number of hydrazone groups is 1. The molecule has 9 heteroatoms. The highest BCUT2D eigenvalue weighted by Crippen LogP contribution is 2.35. The predicted molar refractivity (Wildman–Crippen MR) is 104 cm³/mol. The Morgan fingerprint density at radius 2 is 1.77 bits per heavy atom. The number of ether oxygens (including phenoxy) is 3. The maximum atomic E-state index is 12.9. The topological polar surface area (TPSA) is 60.4 Å². The number of methoxy groups -OCH3 is 2. The highest BCUT2D eigenvalue weighted by atomic mass is 19.4. The van der Waals surface area contributed by atoms with Gasteiger partial charge in [0.1, 0.15) is 5.75 Å². The van der Waals surface area contributed by atoms with Gasteiger partial charge in [0.05, 0.1) is 26.5 Å². The second kappa shape index (κ2) is 7.89. The Morgan fingerprint density at radius 3 is 2.40 bits per heavy atom. The van der Waals surface area contributed by atoms with Gasteiger partial charge in [-0.15, -0.1) is 13.2 Å². The molecule has 0 bridgehead atoms. The molecule has 0 spiro atoms. The number of halogens is 3. The first-order valence-electron chi connectivity index (χ1n) is 9.03. The van der Waals surface area contributed by atoms with E-state index in [0.29, 0.717) is 17.2 Å². The lowest BCUT2D eigenvalue weighted by Crippen LogP contribution is -2.31. The zero-order chi connectivity index (χ0) is 22.1. The lowest BCUT2D eigenvalue weighted by molar-refractivity contribution is -0.274. The zero-order valence-corrected chi connectivity index (χ0v) is 16.9. The van der Waals surface area contributed by atoms with Crippen molar-refractivity contribution in [1.29, 1.82) is 0 Å². The normalized spacial score (nSPS) is 15.6. The molecule has 0 saturated heterocycles. The van der Waals surface area contributed by atoms with E-state index in [1.807, 2.05) is 19.9 Å². The number of carbonyl (C=O) groups is 1. The number of alkyl halides is 3. The smallest absolute Gasteiger partial charge is 0.493 e. The molecule has 6 nitrogen and oxygen atoms in total. The summed E-state index contributed by atoms with van der Waals surface area (Å²) in [6, 6.07) is 10.3. The number of hydrogen-bond acceptors (Lipinski definition) is 5. The van der Waals surface area contributed by atoms with Crippen LogP contribution in [0.15, 0.2) is 47.6 Å². The molecule has 0 unspecified atom stereocenters. The molecule has 1 amide bonds. The van der Waals surface area contributed by atoms with Crippen LogP contribution in [0.4, 0.5) is 13.2 Å². The van der Waals surface area contributed by atoms with Crippen molar-refractivity contribution < 1.29 is 32.2 Å². The molecule has 2 aromatic carbocycles. The Kier molecular flexibility index (Phi) is 5.65. The van der Waals surface area contributed by atoms with Gasteiger partial charge in [0.2, 0.25) is 0 Å². The van der Waals surface area contributed by atoms with Crippen LogP contribution in [-0.2, 0) is 0 Å². The number of hydrogen-bond donors (Lipinski definition) is 0. The van der Waals surface area contributed by atoms with E-state index in [0.717, 1.165) is 17.7 Å². The minimum Gasteiger partial charge on any atom is -0.493 e. The average Bonchev–Trinajstić information content (AvgIpc) is 3.00. The van der Waals surface area contributed by atoms with E-state index in [-0.39, 0.29) is 12.1 Å². The van der Waals surface area contributed by atoms with Crippen LogP contribution in [0, 0.1) is 5.41 Å². The molecule has 0 aromatic heterocycles. The van der Waals surface area contributed by atoms with Crippen LogP contribution in [-0.4, -0.2) is 43.8 Å². The maximum absolute atomic E-state index is 12.9. The summed E-state index contributed by atoms with van der Waals surface area (Å²) in [7, 11) is 3.06. The lowest BCUT2D eigenvalue weighted by Gasteiger charge is -2.21. The first kappa shape index (κ1) is 21.5. The fourth-order valence-electron chi connectivity index (χ4n) is 3.27. The molecular weight excluding hydrogens is 401 g/mol. The fourth-order valence-corrected chi connectivity index (χ4v) is 3.27. The van der Waals surface area contributed by atoms with Gasteiger partial charge < -0.3 is 14.2 Å². The van der Waals surface area contributed by atoms with Crippen molar-refractivity contribution in [2.24, 2.45) is 10.5 Å². The first-order valence-corrected chi connectivity index (χ1v) is 9.03. The summed E-state index contributed by atoms with van der Waals surface area (Å²) in [5.41, 5.74) is 0.960. The van der Waals surface area contributed by atoms with Gasteiger partial charge in [-0.25, -0.2) is 5.01 Å². The third kappa shape index (κ3) is 4.50. The van der Waals surface area contributed by atoms with Gasteiger partial charge in [-0.2, -0.15) is 5.10 Å². The molecule has 1 heterocycles. The molecule has 0 aliphatic carbocycles. The number of nitrogens with zero attached hydrogens (tertiary/aromatic N) is 2. The zero-order valence-electron chi connectivity index (χ0n) is 16.9. The summed E-state index contributed by atoms with van der Waals surface area (Å²) < 4.78 is 51.9. The van der Waals surface area contributed by atoms with Crippen LogP contribution in [0.25, 0.3) is 0 Å². The first-order chi connectivity index (χ1) is 14.0. The van der Waals surface area contributed by atoms with Crippen molar-refractivity contribution in [3.63, 3.8) is 0 Å². The number of amides is 1. The Labute approximate surface area is 171 Å². The number of benzene rings is 2. The fraction of sp³-hybridized carbons (Fsp3) is 0.333. The molecule has 0 fully saturated rings. The molecule has 1 aliphatic heterocycles. The van der Waals surface area contributed by atoms with Gasteiger partial charge >= 0.3 is 6.36 Å². The molecule has 1 aliphatic rings. The molecule has 30 heavy (non-hydrogen) atoms. The predicted octanol–water partition coefficient (Wildman–Crippen LogP) is 4.49. The molecule has 2 aromatic rings. The third-order valence-corrected chi connectivity index (χ3v) is 4.61. The summed E-state index contributed by atoms with van der Waals surface area (Å²) in [6.45, 7) is 4.12. The number of rotatable bonds is 5. The van der Waals surface area contributed by atoms with E-state index in [4.69, 9.17) is 9.47 Å². The van der Waals surface area contributed by atoms with Gasteiger partial charge in [0.15, 0.2) is 11.5 Å². The van der Waals surface area contributed by atoms with E-state index in [1.54, 1.807) is 12.1 Å². The van der Waals surface area contributed by atoms with E-state index >= 15 is 0 Å². The highest BCUT2D eigenvalue weighted by molar-refractivity contribution is 6.08. The van der Waals surface area contributed by atoms with Gasteiger partial charge in [-0.05, 0) is 36.4 Å². The van der Waals surface area contributed by atoms with Gasteiger partial charge in [0.25, 0.3) is 5.91 Å². The Bertz CT molecular complexity index is 986. The lowest BCUT2D eigenvalue weighted by atomic mass is 9.84. The molecular formula is C21H21F3N2O4. The van der Waals surface area contributed by atoms with Crippen LogP contribution >= 0.6 is 0 Å². The second-order valence-electron chi connectivity index (χ2n) is 7.34. The van der Waals surface area contributed by atoms with E-state index < -0.39 is 23.4 Å². The Hall–Kier alpha value is -3.23. The molecule has 3 rings (SSSR count). The van der Waals surface area contributed by atoms with E-state index in [9.17, 15) is 18.0 Å². The largest absolute Gasteiger partial charge is 0.573 e. The van der Waals surface area contributed by atoms with Crippen LogP contribution in [0.5, 0.6) is 17.2 Å². The van der Waals surface area contributed by atoms with Gasteiger partial charge in [-0.3, -0.25) is 4.79 Å². The van der Waals surface area contributed by atoms with Crippen molar-refractivity contribution >= 4 is 11.6 Å². The van der Waals surface area contributed by atoms with Crippen LogP contribution in [0.1, 0.15) is 29.8 Å².